The zero-order valence-electron chi connectivity index (χ0n) is 10.00. The maximum absolute atomic E-state index is 12.4. The van der Waals surface area contributed by atoms with Gasteiger partial charge in [-0.05, 0) is 18.2 Å². The Bertz CT molecular complexity index is 458. The van der Waals surface area contributed by atoms with Gasteiger partial charge < -0.3 is 16.4 Å². The Hall–Kier alpha value is -2.02. The third-order valence-electron chi connectivity index (χ3n) is 2.13. The van der Waals surface area contributed by atoms with Crippen molar-refractivity contribution in [2.75, 3.05) is 18.4 Å². The van der Waals surface area contributed by atoms with E-state index in [1.807, 2.05) is 0 Å². The van der Waals surface area contributed by atoms with E-state index >= 15 is 0 Å². The molecule has 0 fully saturated rings. The highest BCUT2D eigenvalue weighted by Crippen LogP contribution is 2.30. The van der Waals surface area contributed by atoms with E-state index in [1.165, 1.54) is 12.1 Å². The summed E-state index contributed by atoms with van der Waals surface area (Å²) in [5.74, 6) is 0. The molecular formula is C12H14F3N3O. The molecule has 4 nitrogen and oxygen atoms in total. The van der Waals surface area contributed by atoms with Gasteiger partial charge in [-0.1, -0.05) is 18.2 Å². The Kier molecular flexibility index (Phi) is 5.37. The van der Waals surface area contributed by atoms with Crippen LogP contribution < -0.4 is 16.4 Å². The number of carbonyl (C=O) groups excluding carboxylic acids is 1. The van der Waals surface area contributed by atoms with Gasteiger partial charge in [-0.2, -0.15) is 13.2 Å². The average molecular weight is 273 g/mol. The van der Waals surface area contributed by atoms with Crippen molar-refractivity contribution < 1.29 is 18.0 Å². The fraction of sp³-hybridized carbons (Fsp3) is 0.250. The minimum atomic E-state index is -4.43. The molecule has 0 bridgehead atoms. The van der Waals surface area contributed by atoms with E-state index in [0.717, 1.165) is 12.1 Å². The molecule has 0 unspecified atom stereocenters. The second kappa shape index (κ2) is 6.79. The molecule has 4 N–H and O–H groups in total. The Balaban J connectivity index is 2.57. The summed E-state index contributed by atoms with van der Waals surface area (Å²) in [5.41, 5.74) is 4.47. The van der Waals surface area contributed by atoms with Gasteiger partial charge in [0.25, 0.3) is 0 Å². The molecule has 1 aromatic rings. The largest absolute Gasteiger partial charge is 0.416 e. The lowest BCUT2D eigenvalue weighted by atomic mass is 10.2. The summed E-state index contributed by atoms with van der Waals surface area (Å²) in [7, 11) is 0. The molecule has 7 heteroatoms. The van der Waals surface area contributed by atoms with E-state index < -0.39 is 17.8 Å². The lowest BCUT2D eigenvalue weighted by molar-refractivity contribution is -0.137. The Morgan fingerprint density at radius 2 is 2.05 bits per heavy atom. The molecule has 1 aromatic carbocycles. The van der Waals surface area contributed by atoms with Crippen LogP contribution in [0.3, 0.4) is 0 Å². The van der Waals surface area contributed by atoms with Gasteiger partial charge in [0.05, 0.1) is 5.56 Å². The van der Waals surface area contributed by atoms with Crippen LogP contribution in [0.1, 0.15) is 5.56 Å². The zero-order chi connectivity index (χ0) is 14.3. The highest BCUT2D eigenvalue weighted by molar-refractivity contribution is 5.89. The van der Waals surface area contributed by atoms with Crippen molar-refractivity contribution in [1.29, 1.82) is 0 Å². The normalized spacial score (nSPS) is 11.6. The Morgan fingerprint density at radius 1 is 1.32 bits per heavy atom. The third kappa shape index (κ3) is 5.43. The smallest absolute Gasteiger partial charge is 0.334 e. The number of carbonyl (C=O) groups is 1. The summed E-state index contributed by atoms with van der Waals surface area (Å²) in [5, 5.41) is 4.77. The maximum atomic E-state index is 12.4. The number of nitrogens with one attached hydrogen (secondary N) is 2. The van der Waals surface area contributed by atoms with E-state index in [9.17, 15) is 18.0 Å². The molecule has 1 rings (SSSR count). The first-order valence-corrected chi connectivity index (χ1v) is 5.50. The van der Waals surface area contributed by atoms with E-state index in [0.29, 0.717) is 6.54 Å². The average Bonchev–Trinajstić information content (AvgIpc) is 2.34. The predicted octanol–water partition coefficient (Wildman–Crippen LogP) is 2.34. The quantitative estimate of drug-likeness (QED) is 0.737. The molecule has 0 saturated carbocycles. The number of rotatable bonds is 4. The van der Waals surface area contributed by atoms with E-state index in [4.69, 9.17) is 5.73 Å². The lowest BCUT2D eigenvalue weighted by Gasteiger charge is -2.10. The molecule has 0 aliphatic heterocycles. The second-order valence-electron chi connectivity index (χ2n) is 3.62. The summed E-state index contributed by atoms with van der Waals surface area (Å²) in [4.78, 5) is 11.4. The lowest BCUT2D eigenvalue weighted by Crippen LogP contribution is -2.28. The van der Waals surface area contributed by atoms with Crippen molar-refractivity contribution in [2.45, 2.75) is 6.18 Å². The van der Waals surface area contributed by atoms with Gasteiger partial charge in [0.1, 0.15) is 0 Å². The first kappa shape index (κ1) is 15.0. The molecule has 0 atom stereocenters. The first-order valence-electron chi connectivity index (χ1n) is 5.50. The SMILES string of the molecule is NC/C=C/CNC(=O)Nc1cccc(C(F)(F)F)c1. The minimum absolute atomic E-state index is 0.0788. The van der Waals surface area contributed by atoms with Crippen LogP contribution in [0.2, 0.25) is 0 Å². The molecule has 0 aliphatic carbocycles. The van der Waals surface area contributed by atoms with Gasteiger partial charge in [-0.15, -0.1) is 0 Å². The summed E-state index contributed by atoms with van der Waals surface area (Å²) in [6.07, 6.45) is -1.13. The first-order chi connectivity index (χ1) is 8.93. The van der Waals surface area contributed by atoms with E-state index in [2.05, 4.69) is 10.6 Å². The standard InChI is InChI=1S/C12H14F3N3O/c13-12(14,15)9-4-3-5-10(8-9)18-11(19)17-7-2-1-6-16/h1-5,8H,6-7,16H2,(H2,17,18,19)/b2-1+. The second-order valence-corrected chi connectivity index (χ2v) is 3.62. The number of alkyl halides is 3. The van der Waals surface area contributed by atoms with Crippen molar-refractivity contribution >= 4 is 11.7 Å². The Labute approximate surface area is 108 Å². The third-order valence-corrected chi connectivity index (χ3v) is 2.13. The summed E-state index contributed by atoms with van der Waals surface area (Å²) < 4.78 is 37.3. The van der Waals surface area contributed by atoms with Gasteiger partial charge >= 0.3 is 12.2 Å². The van der Waals surface area contributed by atoms with Crippen LogP contribution in [-0.4, -0.2) is 19.1 Å². The molecule has 19 heavy (non-hydrogen) atoms. The van der Waals surface area contributed by atoms with Crippen LogP contribution in [-0.2, 0) is 6.18 Å². The van der Waals surface area contributed by atoms with Crippen LogP contribution in [0.5, 0.6) is 0 Å². The van der Waals surface area contributed by atoms with Gasteiger partial charge in [-0.25, -0.2) is 4.79 Å². The fourth-order valence-electron chi connectivity index (χ4n) is 1.28. The summed E-state index contributed by atoms with van der Waals surface area (Å²) in [6, 6.07) is 3.83. The molecule has 0 spiro atoms. The number of hydrogen-bond donors (Lipinski definition) is 3. The Morgan fingerprint density at radius 3 is 2.68 bits per heavy atom. The van der Waals surface area contributed by atoms with E-state index in [-0.39, 0.29) is 12.2 Å². The van der Waals surface area contributed by atoms with Gasteiger partial charge in [0.2, 0.25) is 0 Å². The molecular weight excluding hydrogens is 259 g/mol. The number of amides is 2. The number of anilines is 1. The van der Waals surface area contributed by atoms with Crippen LogP contribution in [0, 0.1) is 0 Å². The van der Waals surface area contributed by atoms with Gasteiger partial charge in [-0.3, -0.25) is 0 Å². The highest BCUT2D eigenvalue weighted by atomic mass is 19.4. The maximum Gasteiger partial charge on any atom is 0.416 e. The molecule has 0 saturated heterocycles. The van der Waals surface area contributed by atoms with Crippen molar-refractivity contribution in [3.63, 3.8) is 0 Å². The number of benzene rings is 1. The van der Waals surface area contributed by atoms with Crippen LogP contribution in [0.4, 0.5) is 23.7 Å². The number of halogens is 3. The highest BCUT2D eigenvalue weighted by Gasteiger charge is 2.30. The predicted molar refractivity (Wildman–Crippen MR) is 66.7 cm³/mol. The van der Waals surface area contributed by atoms with Crippen molar-refractivity contribution in [3.05, 3.63) is 42.0 Å². The van der Waals surface area contributed by atoms with Crippen LogP contribution in [0.15, 0.2) is 36.4 Å². The molecule has 2 amide bonds. The van der Waals surface area contributed by atoms with Crippen molar-refractivity contribution in [1.82, 2.24) is 5.32 Å². The van der Waals surface area contributed by atoms with Crippen molar-refractivity contribution in [3.8, 4) is 0 Å². The van der Waals surface area contributed by atoms with Gasteiger partial charge in [0.15, 0.2) is 0 Å². The fourth-order valence-corrected chi connectivity index (χ4v) is 1.28. The van der Waals surface area contributed by atoms with Crippen molar-refractivity contribution in [2.24, 2.45) is 5.73 Å². The monoisotopic (exact) mass is 273 g/mol. The molecule has 0 radical (unpaired) electrons. The van der Waals surface area contributed by atoms with E-state index in [1.54, 1.807) is 12.2 Å². The number of urea groups is 1. The van der Waals surface area contributed by atoms with Gasteiger partial charge in [0, 0.05) is 18.8 Å². The molecule has 0 aliphatic rings. The molecule has 104 valence electrons. The topological polar surface area (TPSA) is 67.1 Å². The van der Waals surface area contributed by atoms with Crippen LogP contribution >= 0.6 is 0 Å². The molecule has 0 heterocycles. The summed E-state index contributed by atoms with van der Waals surface area (Å²) >= 11 is 0. The number of nitrogens with two attached hydrogens (primary N) is 1. The molecule has 0 aromatic heterocycles. The van der Waals surface area contributed by atoms with Crippen LogP contribution in [0.25, 0.3) is 0 Å². The minimum Gasteiger partial charge on any atom is -0.334 e. The number of hydrogen-bond acceptors (Lipinski definition) is 2. The summed E-state index contributed by atoms with van der Waals surface area (Å²) in [6.45, 7) is 0.610. The zero-order valence-corrected chi connectivity index (χ0v) is 10.00.